The maximum atomic E-state index is 13.5. The van der Waals surface area contributed by atoms with E-state index in [1.165, 1.54) is 24.3 Å². The second-order valence-corrected chi connectivity index (χ2v) is 6.05. The molecule has 0 amide bonds. The van der Waals surface area contributed by atoms with Gasteiger partial charge in [0.1, 0.15) is 11.4 Å². The van der Waals surface area contributed by atoms with Gasteiger partial charge in [0.2, 0.25) is 0 Å². The zero-order valence-corrected chi connectivity index (χ0v) is 12.3. The molecular formula is C12H8Cl3FOS. The molecule has 0 spiro atoms. The van der Waals surface area contributed by atoms with E-state index in [0.717, 1.165) is 6.07 Å². The van der Waals surface area contributed by atoms with Crippen molar-refractivity contribution in [2.24, 2.45) is 0 Å². The lowest BCUT2D eigenvalue weighted by Crippen LogP contribution is -2.22. The Morgan fingerprint density at radius 1 is 1.17 bits per heavy atom. The third-order valence-electron chi connectivity index (χ3n) is 2.59. The third-order valence-corrected chi connectivity index (χ3v) is 4.75. The Balaban J connectivity index is 2.61. The average Bonchev–Trinajstić information content (AvgIpc) is 2.70. The van der Waals surface area contributed by atoms with E-state index in [4.69, 9.17) is 34.8 Å². The van der Waals surface area contributed by atoms with Crippen LogP contribution in [-0.4, -0.2) is 5.11 Å². The first-order valence-electron chi connectivity index (χ1n) is 4.95. The summed E-state index contributed by atoms with van der Waals surface area (Å²) in [6.45, 7) is 1.51. The summed E-state index contributed by atoms with van der Waals surface area (Å²) in [7, 11) is 0. The number of hydrogen-bond donors (Lipinski definition) is 1. The SMILES string of the molecule is CC(O)(c1cc(F)c(Cl)cc1Cl)c1sccc1Cl. The molecule has 1 nitrogen and oxygen atoms in total. The van der Waals surface area contributed by atoms with E-state index >= 15 is 0 Å². The van der Waals surface area contributed by atoms with Gasteiger partial charge < -0.3 is 5.11 Å². The van der Waals surface area contributed by atoms with E-state index in [0.29, 0.717) is 9.90 Å². The summed E-state index contributed by atoms with van der Waals surface area (Å²) in [6, 6.07) is 4.06. The summed E-state index contributed by atoms with van der Waals surface area (Å²) in [5.41, 5.74) is -1.23. The molecule has 6 heteroatoms. The normalized spacial score (nSPS) is 14.6. The molecule has 2 rings (SSSR count). The Bertz CT molecular complexity index is 595. The van der Waals surface area contributed by atoms with Gasteiger partial charge in [-0.2, -0.15) is 0 Å². The fraction of sp³-hybridized carbons (Fsp3) is 0.167. The average molecular weight is 326 g/mol. The van der Waals surface area contributed by atoms with Crippen molar-refractivity contribution >= 4 is 46.1 Å². The predicted octanol–water partition coefficient (Wildman–Crippen LogP) is 5.10. The lowest BCUT2D eigenvalue weighted by atomic mass is 9.94. The highest BCUT2D eigenvalue weighted by atomic mass is 35.5. The van der Waals surface area contributed by atoms with Crippen LogP contribution in [-0.2, 0) is 5.60 Å². The van der Waals surface area contributed by atoms with Gasteiger partial charge in [-0.3, -0.25) is 0 Å². The highest BCUT2D eigenvalue weighted by molar-refractivity contribution is 7.10. The standard InChI is InChI=1S/C12H8Cl3FOS/c1-12(17,11-7(13)2-3-18-11)6-4-10(16)9(15)5-8(6)14/h2-5,17H,1H3. The van der Waals surface area contributed by atoms with Gasteiger partial charge in [0.25, 0.3) is 0 Å². The van der Waals surface area contributed by atoms with Gasteiger partial charge >= 0.3 is 0 Å². The third kappa shape index (κ3) is 2.38. The molecule has 18 heavy (non-hydrogen) atoms. The van der Waals surface area contributed by atoms with Gasteiger partial charge in [-0.1, -0.05) is 34.8 Å². The largest absolute Gasteiger partial charge is 0.380 e. The Labute approximate surface area is 123 Å². The van der Waals surface area contributed by atoms with Gasteiger partial charge in [-0.15, -0.1) is 11.3 Å². The molecule has 96 valence electrons. The fourth-order valence-electron chi connectivity index (χ4n) is 1.66. The Morgan fingerprint density at radius 3 is 2.39 bits per heavy atom. The smallest absolute Gasteiger partial charge is 0.142 e. The predicted molar refractivity (Wildman–Crippen MR) is 74.4 cm³/mol. The molecular weight excluding hydrogens is 318 g/mol. The molecule has 0 radical (unpaired) electrons. The Hall–Kier alpha value is -0.320. The highest BCUT2D eigenvalue weighted by Crippen LogP contribution is 2.41. The molecule has 1 aromatic carbocycles. The van der Waals surface area contributed by atoms with E-state index in [1.807, 2.05) is 0 Å². The van der Waals surface area contributed by atoms with Crippen molar-refractivity contribution in [2.45, 2.75) is 12.5 Å². The molecule has 0 aliphatic carbocycles. The molecule has 0 fully saturated rings. The molecule has 0 bridgehead atoms. The summed E-state index contributed by atoms with van der Waals surface area (Å²) in [4.78, 5) is 0.507. The summed E-state index contributed by atoms with van der Waals surface area (Å²) in [6.07, 6.45) is 0. The van der Waals surface area contributed by atoms with Crippen molar-refractivity contribution < 1.29 is 9.50 Å². The zero-order chi connectivity index (χ0) is 13.5. The highest BCUT2D eigenvalue weighted by Gasteiger charge is 2.32. The van der Waals surface area contributed by atoms with E-state index in [9.17, 15) is 9.50 Å². The van der Waals surface area contributed by atoms with Crippen LogP contribution in [0.1, 0.15) is 17.4 Å². The summed E-state index contributed by atoms with van der Waals surface area (Å²) >= 11 is 18.9. The first-order chi connectivity index (χ1) is 8.34. The Kier molecular flexibility index (Phi) is 3.90. The number of hydrogen-bond acceptors (Lipinski definition) is 2. The first kappa shape index (κ1) is 14.1. The fourth-order valence-corrected chi connectivity index (χ4v) is 3.54. The van der Waals surface area contributed by atoms with E-state index in [1.54, 1.807) is 11.4 Å². The maximum Gasteiger partial charge on any atom is 0.142 e. The number of rotatable bonds is 2. The number of halogens is 4. The van der Waals surface area contributed by atoms with Crippen LogP contribution >= 0.6 is 46.1 Å². The lowest BCUT2D eigenvalue weighted by Gasteiger charge is -2.24. The molecule has 1 atom stereocenters. The molecule has 1 N–H and O–H groups in total. The molecule has 1 unspecified atom stereocenters. The molecule has 1 heterocycles. The van der Waals surface area contributed by atoms with E-state index in [2.05, 4.69) is 0 Å². The van der Waals surface area contributed by atoms with Crippen LogP contribution in [0, 0.1) is 5.82 Å². The minimum atomic E-state index is -1.46. The first-order valence-corrected chi connectivity index (χ1v) is 6.96. The van der Waals surface area contributed by atoms with E-state index in [-0.39, 0.29) is 15.6 Å². The molecule has 1 aromatic heterocycles. The van der Waals surface area contributed by atoms with Crippen molar-refractivity contribution in [2.75, 3.05) is 0 Å². The summed E-state index contributed by atoms with van der Waals surface area (Å²) < 4.78 is 13.5. The zero-order valence-electron chi connectivity index (χ0n) is 9.18. The van der Waals surface area contributed by atoms with Gasteiger partial charge in [0, 0.05) is 10.6 Å². The van der Waals surface area contributed by atoms with Crippen LogP contribution in [0.5, 0.6) is 0 Å². The molecule has 0 saturated heterocycles. The number of aliphatic hydroxyl groups is 1. The van der Waals surface area contributed by atoms with Gasteiger partial charge in [0.05, 0.1) is 14.9 Å². The Morgan fingerprint density at radius 2 is 1.83 bits per heavy atom. The number of benzene rings is 1. The van der Waals surface area contributed by atoms with Gasteiger partial charge in [0.15, 0.2) is 0 Å². The van der Waals surface area contributed by atoms with Crippen molar-refractivity contribution in [3.05, 3.63) is 54.9 Å². The summed E-state index contributed by atoms with van der Waals surface area (Å²) in [5, 5.41) is 12.8. The van der Waals surface area contributed by atoms with Crippen LogP contribution in [0.25, 0.3) is 0 Å². The van der Waals surface area contributed by atoms with Gasteiger partial charge in [-0.25, -0.2) is 4.39 Å². The van der Waals surface area contributed by atoms with Crippen molar-refractivity contribution in [3.63, 3.8) is 0 Å². The van der Waals surface area contributed by atoms with Crippen molar-refractivity contribution in [1.82, 2.24) is 0 Å². The molecule has 0 saturated carbocycles. The van der Waals surface area contributed by atoms with Crippen LogP contribution in [0.3, 0.4) is 0 Å². The van der Waals surface area contributed by atoms with Crippen molar-refractivity contribution in [1.29, 1.82) is 0 Å². The van der Waals surface area contributed by atoms with Crippen LogP contribution in [0.15, 0.2) is 23.6 Å². The van der Waals surface area contributed by atoms with Crippen molar-refractivity contribution in [3.8, 4) is 0 Å². The molecule has 0 aliphatic rings. The van der Waals surface area contributed by atoms with Gasteiger partial charge in [-0.05, 0) is 30.5 Å². The van der Waals surface area contributed by atoms with Crippen LogP contribution < -0.4 is 0 Å². The number of thiophene rings is 1. The van der Waals surface area contributed by atoms with Crippen LogP contribution in [0.4, 0.5) is 4.39 Å². The minimum absolute atomic E-state index is 0.0863. The molecule has 2 aromatic rings. The second-order valence-electron chi connectivity index (χ2n) is 3.92. The summed E-state index contributed by atoms with van der Waals surface area (Å²) in [5.74, 6) is -0.635. The van der Waals surface area contributed by atoms with Crippen LogP contribution in [0.2, 0.25) is 15.1 Å². The monoisotopic (exact) mass is 324 g/mol. The minimum Gasteiger partial charge on any atom is -0.380 e. The quantitative estimate of drug-likeness (QED) is 0.761. The second kappa shape index (κ2) is 4.99. The molecule has 0 aliphatic heterocycles. The lowest BCUT2D eigenvalue weighted by molar-refractivity contribution is 0.106. The maximum absolute atomic E-state index is 13.5. The van der Waals surface area contributed by atoms with E-state index < -0.39 is 11.4 Å². The topological polar surface area (TPSA) is 20.2 Å².